The first-order chi connectivity index (χ1) is 6.90. The first-order valence-corrected chi connectivity index (χ1v) is 6.47. The van der Waals surface area contributed by atoms with Crippen LogP contribution in [-0.4, -0.2) is 11.3 Å². The maximum absolute atomic E-state index is 5.95. The van der Waals surface area contributed by atoms with Crippen LogP contribution in [-0.2, 0) is 5.75 Å². The smallest absolute Gasteiger partial charge is 0.0190 e. The molecule has 1 aromatic carbocycles. The van der Waals surface area contributed by atoms with Crippen molar-refractivity contribution in [1.29, 1.82) is 0 Å². The van der Waals surface area contributed by atoms with E-state index < -0.39 is 0 Å². The fourth-order valence-corrected chi connectivity index (χ4v) is 2.78. The SMILES string of the molecule is Cc1cccc(C)c1CSCC(C)(C)N. The third kappa shape index (κ3) is 4.27. The van der Waals surface area contributed by atoms with Gasteiger partial charge in [0, 0.05) is 17.0 Å². The van der Waals surface area contributed by atoms with E-state index in [-0.39, 0.29) is 5.54 Å². The Morgan fingerprint density at radius 2 is 1.73 bits per heavy atom. The number of hydrogen-bond acceptors (Lipinski definition) is 2. The fraction of sp³-hybridized carbons (Fsp3) is 0.538. The minimum absolute atomic E-state index is 0.0682. The van der Waals surface area contributed by atoms with E-state index in [1.165, 1.54) is 16.7 Å². The quantitative estimate of drug-likeness (QED) is 0.848. The van der Waals surface area contributed by atoms with Crippen molar-refractivity contribution >= 4 is 11.8 Å². The lowest BCUT2D eigenvalue weighted by Gasteiger charge is -2.18. The Bertz CT molecular complexity index is 306. The first-order valence-electron chi connectivity index (χ1n) is 5.32. The van der Waals surface area contributed by atoms with Crippen LogP contribution in [0.3, 0.4) is 0 Å². The average molecular weight is 223 g/mol. The van der Waals surface area contributed by atoms with E-state index >= 15 is 0 Å². The maximum Gasteiger partial charge on any atom is 0.0190 e. The Hall–Kier alpha value is -0.470. The third-order valence-electron chi connectivity index (χ3n) is 2.36. The monoisotopic (exact) mass is 223 g/mol. The van der Waals surface area contributed by atoms with Crippen molar-refractivity contribution in [1.82, 2.24) is 0 Å². The second-order valence-corrected chi connectivity index (χ2v) is 5.84. The maximum atomic E-state index is 5.95. The highest BCUT2D eigenvalue weighted by molar-refractivity contribution is 7.98. The standard InChI is InChI=1S/C13H21NS/c1-10-6-5-7-11(2)12(10)8-15-9-13(3,4)14/h5-7H,8-9,14H2,1-4H3. The van der Waals surface area contributed by atoms with Gasteiger partial charge in [0.2, 0.25) is 0 Å². The Kier molecular flexibility index (Phi) is 4.23. The van der Waals surface area contributed by atoms with Crippen LogP contribution < -0.4 is 5.73 Å². The predicted molar refractivity (Wildman–Crippen MR) is 70.3 cm³/mol. The van der Waals surface area contributed by atoms with Crippen LogP contribution in [0, 0.1) is 13.8 Å². The zero-order valence-electron chi connectivity index (χ0n) is 10.1. The van der Waals surface area contributed by atoms with Crippen LogP contribution in [0.1, 0.15) is 30.5 Å². The van der Waals surface area contributed by atoms with Gasteiger partial charge in [0.15, 0.2) is 0 Å². The average Bonchev–Trinajstić information content (AvgIpc) is 2.08. The summed E-state index contributed by atoms with van der Waals surface area (Å²) in [5.41, 5.74) is 10.1. The molecule has 0 heterocycles. The molecule has 0 spiro atoms. The minimum Gasteiger partial charge on any atom is -0.325 e. The second-order valence-electron chi connectivity index (χ2n) is 4.85. The molecule has 0 fully saturated rings. The number of rotatable bonds is 4. The molecule has 0 atom stereocenters. The molecule has 1 nitrogen and oxygen atoms in total. The minimum atomic E-state index is -0.0682. The normalized spacial score (nSPS) is 11.8. The molecule has 0 saturated heterocycles. The number of thioether (sulfide) groups is 1. The van der Waals surface area contributed by atoms with Crippen LogP contribution in [0.4, 0.5) is 0 Å². The van der Waals surface area contributed by atoms with Gasteiger partial charge in [-0.1, -0.05) is 18.2 Å². The van der Waals surface area contributed by atoms with Crippen molar-refractivity contribution in [2.24, 2.45) is 5.73 Å². The van der Waals surface area contributed by atoms with Crippen LogP contribution in [0.25, 0.3) is 0 Å². The molecule has 0 aliphatic rings. The molecule has 0 amide bonds. The Morgan fingerprint density at radius 3 is 2.20 bits per heavy atom. The highest BCUT2D eigenvalue weighted by atomic mass is 32.2. The molecule has 0 saturated carbocycles. The molecule has 0 unspecified atom stereocenters. The molecule has 15 heavy (non-hydrogen) atoms. The largest absolute Gasteiger partial charge is 0.325 e. The van der Waals surface area contributed by atoms with Gasteiger partial charge in [0.05, 0.1) is 0 Å². The van der Waals surface area contributed by atoms with E-state index in [0.717, 1.165) is 11.5 Å². The third-order valence-corrected chi connectivity index (χ3v) is 3.81. The summed E-state index contributed by atoms with van der Waals surface area (Å²) in [6.07, 6.45) is 0. The summed E-state index contributed by atoms with van der Waals surface area (Å²) in [6.45, 7) is 8.50. The van der Waals surface area contributed by atoms with Crippen molar-refractivity contribution in [2.75, 3.05) is 5.75 Å². The molecule has 0 aliphatic carbocycles. The van der Waals surface area contributed by atoms with E-state index in [4.69, 9.17) is 5.73 Å². The van der Waals surface area contributed by atoms with Crippen molar-refractivity contribution in [3.8, 4) is 0 Å². The molecule has 1 rings (SSSR count). The second kappa shape index (κ2) is 5.04. The van der Waals surface area contributed by atoms with E-state index in [9.17, 15) is 0 Å². The summed E-state index contributed by atoms with van der Waals surface area (Å²) in [6, 6.07) is 6.47. The molecule has 0 aromatic heterocycles. The molecular formula is C13H21NS. The predicted octanol–water partition coefficient (Wildman–Crippen LogP) is 3.27. The lowest BCUT2D eigenvalue weighted by atomic mass is 10.1. The van der Waals surface area contributed by atoms with Gasteiger partial charge in [-0.3, -0.25) is 0 Å². The van der Waals surface area contributed by atoms with Gasteiger partial charge in [0.25, 0.3) is 0 Å². The highest BCUT2D eigenvalue weighted by Crippen LogP contribution is 2.21. The Morgan fingerprint density at radius 1 is 1.20 bits per heavy atom. The van der Waals surface area contributed by atoms with Gasteiger partial charge < -0.3 is 5.73 Å². The van der Waals surface area contributed by atoms with Gasteiger partial charge in [-0.2, -0.15) is 11.8 Å². The lowest BCUT2D eigenvalue weighted by molar-refractivity contribution is 0.591. The molecule has 1 aromatic rings. The summed E-state index contributed by atoms with van der Waals surface area (Å²) in [7, 11) is 0. The Labute approximate surface area is 97.4 Å². The summed E-state index contributed by atoms with van der Waals surface area (Å²) < 4.78 is 0. The number of hydrogen-bond donors (Lipinski definition) is 1. The molecule has 0 bridgehead atoms. The molecule has 84 valence electrons. The van der Waals surface area contributed by atoms with Crippen molar-refractivity contribution < 1.29 is 0 Å². The van der Waals surface area contributed by atoms with Gasteiger partial charge in [-0.15, -0.1) is 0 Å². The summed E-state index contributed by atoms with van der Waals surface area (Å²) in [5.74, 6) is 2.07. The summed E-state index contributed by atoms with van der Waals surface area (Å²) >= 11 is 1.92. The summed E-state index contributed by atoms with van der Waals surface area (Å²) in [5, 5.41) is 0. The Balaban J connectivity index is 2.58. The molecule has 2 heteroatoms. The van der Waals surface area contributed by atoms with E-state index in [0.29, 0.717) is 0 Å². The van der Waals surface area contributed by atoms with Gasteiger partial charge in [-0.25, -0.2) is 0 Å². The van der Waals surface area contributed by atoms with Crippen molar-refractivity contribution in [3.05, 3.63) is 34.9 Å². The topological polar surface area (TPSA) is 26.0 Å². The molecule has 0 aliphatic heterocycles. The van der Waals surface area contributed by atoms with Crippen molar-refractivity contribution in [2.45, 2.75) is 39.0 Å². The van der Waals surface area contributed by atoms with Gasteiger partial charge in [-0.05, 0) is 44.4 Å². The van der Waals surface area contributed by atoms with E-state index in [2.05, 4.69) is 45.9 Å². The van der Waals surface area contributed by atoms with Crippen LogP contribution in [0.5, 0.6) is 0 Å². The number of aryl methyl sites for hydroxylation is 2. The van der Waals surface area contributed by atoms with Crippen molar-refractivity contribution in [3.63, 3.8) is 0 Å². The van der Waals surface area contributed by atoms with Gasteiger partial charge in [0.1, 0.15) is 0 Å². The highest BCUT2D eigenvalue weighted by Gasteiger charge is 2.11. The molecule has 2 N–H and O–H groups in total. The van der Waals surface area contributed by atoms with E-state index in [1.807, 2.05) is 11.8 Å². The number of nitrogens with two attached hydrogens (primary N) is 1. The lowest BCUT2D eigenvalue weighted by Crippen LogP contribution is -2.34. The van der Waals surface area contributed by atoms with E-state index in [1.54, 1.807) is 0 Å². The zero-order chi connectivity index (χ0) is 11.5. The zero-order valence-corrected chi connectivity index (χ0v) is 10.9. The first kappa shape index (κ1) is 12.6. The fourth-order valence-electron chi connectivity index (χ4n) is 1.49. The molecular weight excluding hydrogens is 202 g/mol. The van der Waals surface area contributed by atoms with Crippen LogP contribution in [0.15, 0.2) is 18.2 Å². The van der Waals surface area contributed by atoms with Gasteiger partial charge >= 0.3 is 0 Å². The summed E-state index contributed by atoms with van der Waals surface area (Å²) in [4.78, 5) is 0. The number of benzene rings is 1. The van der Waals surface area contributed by atoms with Crippen LogP contribution in [0.2, 0.25) is 0 Å². The molecule has 0 radical (unpaired) electrons. The van der Waals surface area contributed by atoms with Crippen LogP contribution >= 0.6 is 11.8 Å².